The number of nitrogens with zero attached hydrogens (tertiary/aromatic N) is 4. The van der Waals surface area contributed by atoms with Crippen LogP contribution in [-0.2, 0) is 0 Å². The van der Waals surface area contributed by atoms with Crippen LogP contribution in [0.1, 0.15) is 5.56 Å². The van der Waals surface area contributed by atoms with Gasteiger partial charge in [-0.1, -0.05) is 0 Å². The zero-order valence-corrected chi connectivity index (χ0v) is 12.5. The summed E-state index contributed by atoms with van der Waals surface area (Å²) in [5.74, 6) is 0.653. The van der Waals surface area contributed by atoms with E-state index in [2.05, 4.69) is 15.2 Å². The number of anilines is 1. The molecule has 0 amide bonds. The average molecular weight is 394 g/mol. The van der Waals surface area contributed by atoms with Crippen molar-refractivity contribution in [1.82, 2.24) is 19.6 Å². The predicted molar refractivity (Wildman–Crippen MR) is 82.0 cm³/mol. The third kappa shape index (κ3) is 2.40. The van der Waals surface area contributed by atoms with Gasteiger partial charge in [0.2, 0.25) is 5.88 Å². The fourth-order valence-corrected chi connectivity index (χ4v) is 2.50. The molecule has 2 heterocycles. The Bertz CT molecular complexity index is 916. The molecular formula is C12H7IN6O2. The lowest BCUT2D eigenvalue weighted by molar-refractivity contribution is 0.461. The van der Waals surface area contributed by atoms with Crippen molar-refractivity contribution in [3.63, 3.8) is 0 Å². The molecule has 0 aliphatic heterocycles. The maximum absolute atomic E-state index is 11.3. The smallest absolute Gasteiger partial charge is 0.348 e. The molecule has 0 aliphatic rings. The molecule has 2 aromatic heterocycles. The number of hydrogen-bond acceptors (Lipinski definition) is 6. The van der Waals surface area contributed by atoms with Gasteiger partial charge in [-0.05, 0) is 34.7 Å². The first-order valence-electron chi connectivity index (χ1n) is 5.68. The van der Waals surface area contributed by atoms with E-state index in [1.807, 2.05) is 28.7 Å². The van der Waals surface area contributed by atoms with E-state index in [-0.39, 0.29) is 11.6 Å². The van der Waals surface area contributed by atoms with Crippen molar-refractivity contribution in [2.24, 2.45) is 0 Å². The highest BCUT2D eigenvalue weighted by Crippen LogP contribution is 2.32. The number of fused-ring (bicyclic) bond motifs is 1. The number of hydrogen-bond donors (Lipinski definition) is 2. The third-order valence-corrected chi connectivity index (χ3v) is 3.49. The van der Waals surface area contributed by atoms with Gasteiger partial charge in [-0.3, -0.25) is 0 Å². The zero-order valence-electron chi connectivity index (χ0n) is 10.4. The second-order valence-corrected chi connectivity index (χ2v) is 5.24. The van der Waals surface area contributed by atoms with E-state index >= 15 is 0 Å². The van der Waals surface area contributed by atoms with Crippen LogP contribution in [0.4, 0.5) is 5.69 Å². The Labute approximate surface area is 131 Å². The minimum absolute atomic E-state index is 0.246. The van der Waals surface area contributed by atoms with E-state index in [0.717, 1.165) is 0 Å². The molecule has 0 saturated heterocycles. The van der Waals surface area contributed by atoms with E-state index < -0.39 is 0 Å². The largest absolute Gasteiger partial charge is 0.436 e. The van der Waals surface area contributed by atoms with E-state index in [1.165, 1.54) is 22.9 Å². The van der Waals surface area contributed by atoms with Crippen LogP contribution in [0.15, 0.2) is 29.3 Å². The van der Waals surface area contributed by atoms with E-state index in [4.69, 9.17) is 15.7 Å². The number of aromatic amines is 1. The molecule has 9 heteroatoms. The van der Waals surface area contributed by atoms with Crippen molar-refractivity contribution in [1.29, 1.82) is 5.26 Å². The van der Waals surface area contributed by atoms with Gasteiger partial charge in [-0.15, -0.1) is 0 Å². The van der Waals surface area contributed by atoms with Crippen molar-refractivity contribution < 1.29 is 4.74 Å². The van der Waals surface area contributed by atoms with Gasteiger partial charge in [-0.25, -0.2) is 19.3 Å². The lowest BCUT2D eigenvalue weighted by Gasteiger charge is -2.10. The molecule has 0 atom stereocenters. The number of ether oxygens (including phenoxy) is 1. The van der Waals surface area contributed by atoms with Crippen LogP contribution in [0, 0.1) is 14.9 Å². The van der Waals surface area contributed by atoms with Crippen molar-refractivity contribution in [3.8, 4) is 17.7 Å². The normalized spacial score (nSPS) is 10.5. The average Bonchev–Trinajstić information content (AvgIpc) is 2.83. The number of halogens is 1. The maximum Gasteiger partial charge on any atom is 0.348 e. The van der Waals surface area contributed by atoms with Crippen molar-refractivity contribution >= 4 is 33.9 Å². The van der Waals surface area contributed by atoms with Crippen LogP contribution in [0.25, 0.3) is 5.65 Å². The fraction of sp³-hybridized carbons (Fsp3) is 0. The number of benzene rings is 1. The second-order valence-electron chi connectivity index (χ2n) is 4.07. The number of rotatable bonds is 2. The molecule has 8 nitrogen and oxygen atoms in total. The van der Waals surface area contributed by atoms with Gasteiger partial charge in [0.05, 0.1) is 20.9 Å². The van der Waals surface area contributed by atoms with Gasteiger partial charge in [0, 0.05) is 6.07 Å². The van der Waals surface area contributed by atoms with Gasteiger partial charge in [0.15, 0.2) is 11.4 Å². The highest BCUT2D eigenvalue weighted by Gasteiger charge is 2.11. The Morgan fingerprint density at radius 3 is 2.95 bits per heavy atom. The molecule has 0 unspecified atom stereocenters. The summed E-state index contributed by atoms with van der Waals surface area (Å²) < 4.78 is 7.57. The molecule has 0 radical (unpaired) electrons. The minimum atomic E-state index is -0.378. The molecule has 21 heavy (non-hydrogen) atoms. The summed E-state index contributed by atoms with van der Waals surface area (Å²) in [6, 6.07) is 6.70. The molecule has 0 aliphatic carbocycles. The summed E-state index contributed by atoms with van der Waals surface area (Å²) in [6.07, 6.45) is 1.31. The van der Waals surface area contributed by atoms with Gasteiger partial charge in [-0.2, -0.15) is 10.4 Å². The molecule has 104 valence electrons. The zero-order chi connectivity index (χ0) is 15.0. The number of nitrogen functional groups attached to an aromatic ring is 1. The molecule has 0 bridgehead atoms. The van der Waals surface area contributed by atoms with Gasteiger partial charge < -0.3 is 10.5 Å². The van der Waals surface area contributed by atoms with Gasteiger partial charge >= 0.3 is 5.69 Å². The molecular weight excluding hydrogens is 387 g/mol. The maximum atomic E-state index is 11.3. The van der Waals surface area contributed by atoms with Gasteiger partial charge in [0.25, 0.3) is 0 Å². The van der Waals surface area contributed by atoms with Crippen LogP contribution >= 0.6 is 22.6 Å². The summed E-state index contributed by atoms with van der Waals surface area (Å²) >= 11 is 2.02. The van der Waals surface area contributed by atoms with Crippen LogP contribution in [0.5, 0.6) is 11.6 Å². The second kappa shape index (κ2) is 5.06. The van der Waals surface area contributed by atoms with Crippen LogP contribution < -0.4 is 16.2 Å². The van der Waals surface area contributed by atoms with Crippen molar-refractivity contribution in [2.45, 2.75) is 0 Å². The molecule has 3 aromatic rings. The monoisotopic (exact) mass is 394 g/mol. The van der Waals surface area contributed by atoms with Crippen molar-refractivity contribution in [2.75, 3.05) is 5.73 Å². The van der Waals surface area contributed by atoms with Crippen molar-refractivity contribution in [3.05, 3.63) is 44.1 Å². The van der Waals surface area contributed by atoms with Crippen LogP contribution in [-0.4, -0.2) is 19.6 Å². The summed E-state index contributed by atoms with van der Waals surface area (Å²) in [5.41, 5.74) is 6.66. The van der Waals surface area contributed by atoms with E-state index in [0.29, 0.717) is 26.2 Å². The summed E-state index contributed by atoms with van der Waals surface area (Å²) in [4.78, 5) is 15.4. The lowest BCUT2D eigenvalue weighted by Crippen LogP contribution is -2.09. The molecule has 0 saturated carbocycles. The highest BCUT2D eigenvalue weighted by molar-refractivity contribution is 14.1. The first kappa shape index (κ1) is 13.4. The number of nitrogens with two attached hydrogens (primary N) is 1. The topological polar surface area (TPSA) is 122 Å². The molecule has 3 N–H and O–H groups in total. The first-order valence-corrected chi connectivity index (χ1v) is 6.76. The summed E-state index contributed by atoms with van der Waals surface area (Å²) in [7, 11) is 0. The standard InChI is InChI=1S/C12H7IN6O2/c13-7-1-6(4-14)2-8(15)11(7)21-10-3-9-17-18-12(20)19(9)5-16-10/h1-3,5H,15H2,(H,18,20). The third-order valence-electron chi connectivity index (χ3n) is 2.69. The summed E-state index contributed by atoms with van der Waals surface area (Å²) in [5, 5.41) is 15.0. The Balaban J connectivity index is 2.02. The summed E-state index contributed by atoms with van der Waals surface area (Å²) in [6.45, 7) is 0. The molecule has 3 rings (SSSR count). The molecule has 0 spiro atoms. The van der Waals surface area contributed by atoms with Crippen LogP contribution in [0.2, 0.25) is 0 Å². The lowest BCUT2D eigenvalue weighted by atomic mass is 10.2. The molecule has 0 fully saturated rings. The SMILES string of the molecule is N#Cc1cc(N)c(Oc2cc3n[nH]c(=O)n3cn2)c(I)c1. The number of H-pyrrole nitrogens is 1. The first-order chi connectivity index (χ1) is 10.1. The highest BCUT2D eigenvalue weighted by atomic mass is 127. The van der Waals surface area contributed by atoms with E-state index in [1.54, 1.807) is 6.07 Å². The Morgan fingerprint density at radius 2 is 2.24 bits per heavy atom. The minimum Gasteiger partial charge on any atom is -0.436 e. The van der Waals surface area contributed by atoms with Crippen LogP contribution in [0.3, 0.4) is 0 Å². The Hall–Kier alpha value is -2.61. The van der Waals surface area contributed by atoms with E-state index in [9.17, 15) is 4.79 Å². The van der Waals surface area contributed by atoms with Gasteiger partial charge in [0.1, 0.15) is 6.33 Å². The number of nitrogens with one attached hydrogen (secondary N) is 1. The number of nitriles is 1. The Kier molecular flexibility index (Phi) is 3.22. The predicted octanol–water partition coefficient (Wildman–Crippen LogP) is 1.27. The number of aromatic nitrogens is 4. The molecule has 1 aromatic carbocycles. The quantitative estimate of drug-likeness (QED) is 0.499. The Morgan fingerprint density at radius 1 is 1.43 bits per heavy atom. The fourth-order valence-electron chi connectivity index (χ4n) is 1.74.